The van der Waals surface area contributed by atoms with Crippen molar-refractivity contribution >= 4 is 34.8 Å². The highest BCUT2D eigenvalue weighted by Crippen LogP contribution is 2.22. The molecule has 152 valence electrons. The van der Waals surface area contributed by atoms with Crippen molar-refractivity contribution in [3.63, 3.8) is 0 Å². The van der Waals surface area contributed by atoms with Crippen LogP contribution in [0.4, 0.5) is 0 Å². The van der Waals surface area contributed by atoms with Gasteiger partial charge in [0.1, 0.15) is 11.0 Å². The number of carbonyl (C=O) groups excluding carboxylic acids is 1. The maximum Gasteiger partial charge on any atom is 0.247 e. The number of aryl methyl sites for hydroxylation is 3. The highest BCUT2D eigenvalue weighted by atomic mass is 35.5. The zero-order valence-electron chi connectivity index (χ0n) is 16.9. The second kappa shape index (κ2) is 8.12. The molecule has 0 saturated heterocycles. The fraction of sp³-hybridized carbons (Fsp3) is 0.182. The zero-order chi connectivity index (χ0) is 21.3. The normalized spacial score (nSPS) is 11.5. The van der Waals surface area contributed by atoms with Gasteiger partial charge in [0.2, 0.25) is 5.91 Å². The molecule has 0 saturated carbocycles. The predicted molar refractivity (Wildman–Crippen MR) is 118 cm³/mol. The van der Waals surface area contributed by atoms with E-state index in [0.717, 1.165) is 22.3 Å². The van der Waals surface area contributed by atoms with Crippen LogP contribution in [0.25, 0.3) is 16.7 Å². The molecular formula is C22H21ClN6O. The first-order valence-corrected chi connectivity index (χ1v) is 9.86. The molecule has 8 heteroatoms. The number of benzene rings is 2. The van der Waals surface area contributed by atoms with E-state index in [1.54, 1.807) is 4.68 Å². The summed E-state index contributed by atoms with van der Waals surface area (Å²) in [5.74, 6) is 0.412. The van der Waals surface area contributed by atoms with Crippen LogP contribution in [0.15, 0.2) is 53.6 Å². The average Bonchev–Trinajstić information content (AvgIpc) is 3.19. The van der Waals surface area contributed by atoms with Crippen LogP contribution >= 0.6 is 11.6 Å². The van der Waals surface area contributed by atoms with Gasteiger partial charge in [-0.3, -0.25) is 4.79 Å². The minimum Gasteiger partial charge on any atom is -0.331 e. The fourth-order valence-corrected chi connectivity index (χ4v) is 3.54. The van der Waals surface area contributed by atoms with E-state index in [1.807, 2.05) is 74.0 Å². The van der Waals surface area contributed by atoms with Crippen LogP contribution in [-0.2, 0) is 18.3 Å². The highest BCUT2D eigenvalue weighted by Gasteiger charge is 2.14. The van der Waals surface area contributed by atoms with Gasteiger partial charge in [0.15, 0.2) is 0 Å². The van der Waals surface area contributed by atoms with E-state index in [0.29, 0.717) is 22.2 Å². The Morgan fingerprint density at radius 3 is 2.63 bits per heavy atom. The number of hydrazone groups is 1. The average molecular weight is 421 g/mol. The largest absolute Gasteiger partial charge is 0.331 e. The molecule has 2 aromatic heterocycles. The van der Waals surface area contributed by atoms with Crippen LogP contribution < -0.4 is 5.43 Å². The van der Waals surface area contributed by atoms with Crippen LogP contribution in [0.2, 0.25) is 5.15 Å². The van der Waals surface area contributed by atoms with Crippen molar-refractivity contribution in [1.82, 2.24) is 24.8 Å². The summed E-state index contributed by atoms with van der Waals surface area (Å²) >= 11 is 6.50. The Morgan fingerprint density at radius 1 is 1.17 bits per heavy atom. The lowest BCUT2D eigenvalue weighted by molar-refractivity contribution is -0.120. The quantitative estimate of drug-likeness (QED) is 0.395. The standard InChI is InChI=1S/C22H21ClN6O/c1-14-8-10-16(11-9-14)29-22(23)17(15(2)27-29)13-24-26-21(30)12-20-25-18-6-4-5-7-19(18)28(20)3/h4-11,13H,12H2,1-3H3,(H,26,30)/b24-13-. The van der Waals surface area contributed by atoms with E-state index in [9.17, 15) is 4.79 Å². The molecule has 0 unspecified atom stereocenters. The summed E-state index contributed by atoms with van der Waals surface area (Å²) in [5.41, 5.74) is 7.77. The number of para-hydroxylation sites is 2. The summed E-state index contributed by atoms with van der Waals surface area (Å²) in [6.07, 6.45) is 1.64. The maximum absolute atomic E-state index is 12.3. The lowest BCUT2D eigenvalue weighted by Gasteiger charge is -2.03. The molecule has 4 aromatic rings. The Hall–Kier alpha value is -3.45. The topological polar surface area (TPSA) is 77.1 Å². The smallest absolute Gasteiger partial charge is 0.247 e. The third-order valence-corrected chi connectivity index (χ3v) is 5.27. The SMILES string of the molecule is Cc1ccc(-n2nc(C)c(/C=N\NC(=O)Cc3nc4ccccc4n3C)c2Cl)cc1. The minimum atomic E-state index is -0.260. The molecule has 2 aromatic carbocycles. The van der Waals surface area contributed by atoms with Crippen LogP contribution in [-0.4, -0.2) is 31.5 Å². The lowest BCUT2D eigenvalue weighted by Crippen LogP contribution is -2.21. The first-order chi connectivity index (χ1) is 14.4. The summed E-state index contributed by atoms with van der Waals surface area (Å²) < 4.78 is 3.56. The third kappa shape index (κ3) is 3.84. The first-order valence-electron chi connectivity index (χ1n) is 9.48. The van der Waals surface area contributed by atoms with Gasteiger partial charge in [-0.15, -0.1) is 0 Å². The van der Waals surface area contributed by atoms with E-state index >= 15 is 0 Å². The van der Waals surface area contributed by atoms with Crippen molar-refractivity contribution in [3.05, 3.63) is 76.3 Å². The molecule has 7 nitrogen and oxygen atoms in total. The number of nitrogens with one attached hydrogen (secondary N) is 1. The van der Waals surface area contributed by atoms with E-state index in [4.69, 9.17) is 11.6 Å². The predicted octanol–water partition coefficient (Wildman–Crippen LogP) is 3.72. The molecule has 2 heterocycles. The summed E-state index contributed by atoms with van der Waals surface area (Å²) in [6.45, 7) is 3.87. The van der Waals surface area contributed by atoms with E-state index < -0.39 is 0 Å². The van der Waals surface area contributed by atoms with Crippen molar-refractivity contribution in [2.75, 3.05) is 0 Å². The van der Waals surface area contributed by atoms with Gasteiger partial charge < -0.3 is 4.57 Å². The van der Waals surface area contributed by atoms with Crippen molar-refractivity contribution in [2.45, 2.75) is 20.3 Å². The van der Waals surface area contributed by atoms with Gasteiger partial charge in [0.05, 0.1) is 40.6 Å². The Morgan fingerprint density at radius 2 is 1.90 bits per heavy atom. The Bertz CT molecular complexity index is 1250. The van der Waals surface area contributed by atoms with Gasteiger partial charge in [-0.1, -0.05) is 41.4 Å². The zero-order valence-corrected chi connectivity index (χ0v) is 17.7. The number of nitrogens with zero attached hydrogens (tertiary/aromatic N) is 5. The molecule has 30 heavy (non-hydrogen) atoms. The van der Waals surface area contributed by atoms with Crippen molar-refractivity contribution < 1.29 is 4.79 Å². The number of amides is 1. The van der Waals surface area contributed by atoms with E-state index in [1.165, 1.54) is 6.21 Å². The number of fused-ring (bicyclic) bond motifs is 1. The number of halogens is 1. The molecule has 0 spiro atoms. The summed E-state index contributed by atoms with van der Waals surface area (Å²) in [6, 6.07) is 15.7. The molecule has 0 aliphatic heterocycles. The molecule has 0 bridgehead atoms. The summed E-state index contributed by atoms with van der Waals surface area (Å²) in [5, 5.41) is 8.98. The number of aromatic nitrogens is 4. The Balaban J connectivity index is 1.47. The van der Waals surface area contributed by atoms with Crippen molar-refractivity contribution in [3.8, 4) is 5.69 Å². The summed E-state index contributed by atoms with van der Waals surface area (Å²) in [7, 11) is 1.89. The molecule has 0 aliphatic carbocycles. The molecule has 0 fully saturated rings. The van der Waals surface area contributed by atoms with Crippen LogP contribution in [0, 0.1) is 13.8 Å². The molecule has 4 rings (SSSR count). The van der Waals surface area contributed by atoms with Gasteiger partial charge in [-0.05, 0) is 38.1 Å². The van der Waals surface area contributed by atoms with Gasteiger partial charge in [-0.25, -0.2) is 15.1 Å². The molecule has 1 N–H and O–H groups in total. The Labute approximate surface area is 179 Å². The Kier molecular flexibility index (Phi) is 5.37. The van der Waals surface area contributed by atoms with E-state index in [-0.39, 0.29) is 12.3 Å². The summed E-state index contributed by atoms with van der Waals surface area (Å²) in [4.78, 5) is 16.8. The minimum absolute atomic E-state index is 0.123. The number of imidazole rings is 1. The number of hydrogen-bond donors (Lipinski definition) is 1. The van der Waals surface area contributed by atoms with Gasteiger partial charge in [-0.2, -0.15) is 10.2 Å². The monoisotopic (exact) mass is 420 g/mol. The molecule has 0 aliphatic rings. The molecule has 0 atom stereocenters. The van der Waals surface area contributed by atoms with Crippen LogP contribution in [0.1, 0.15) is 22.6 Å². The van der Waals surface area contributed by atoms with Gasteiger partial charge in [0, 0.05) is 7.05 Å². The van der Waals surface area contributed by atoms with Crippen molar-refractivity contribution in [1.29, 1.82) is 0 Å². The molecule has 1 amide bonds. The number of rotatable bonds is 5. The van der Waals surface area contributed by atoms with Gasteiger partial charge in [0.25, 0.3) is 0 Å². The van der Waals surface area contributed by atoms with Crippen LogP contribution in [0.5, 0.6) is 0 Å². The second-order valence-corrected chi connectivity index (χ2v) is 7.44. The van der Waals surface area contributed by atoms with Gasteiger partial charge >= 0.3 is 0 Å². The third-order valence-electron chi connectivity index (χ3n) is 4.91. The number of hydrogen-bond acceptors (Lipinski definition) is 4. The highest BCUT2D eigenvalue weighted by molar-refractivity contribution is 6.32. The fourth-order valence-electron chi connectivity index (χ4n) is 3.22. The molecular weight excluding hydrogens is 400 g/mol. The van der Waals surface area contributed by atoms with Crippen LogP contribution in [0.3, 0.4) is 0 Å². The lowest BCUT2D eigenvalue weighted by atomic mass is 10.2. The second-order valence-electron chi connectivity index (χ2n) is 7.08. The maximum atomic E-state index is 12.3. The van der Waals surface area contributed by atoms with E-state index in [2.05, 4.69) is 20.6 Å². The number of carbonyl (C=O) groups is 1. The first kappa shape index (κ1) is 19.8. The van der Waals surface area contributed by atoms with Crippen molar-refractivity contribution in [2.24, 2.45) is 12.1 Å². The molecule has 0 radical (unpaired) electrons.